The third-order valence-corrected chi connectivity index (χ3v) is 4.64. The summed E-state index contributed by atoms with van der Waals surface area (Å²) in [6, 6.07) is 12.7. The van der Waals surface area contributed by atoms with Gasteiger partial charge in [0.15, 0.2) is 5.78 Å². The highest BCUT2D eigenvalue weighted by atomic mass is 35.5. The topological polar surface area (TPSA) is 80.3 Å². The van der Waals surface area contributed by atoms with E-state index in [2.05, 4.69) is 5.32 Å². The van der Waals surface area contributed by atoms with E-state index in [1.54, 1.807) is 30.3 Å². The average molecular weight is 364 g/mol. The van der Waals surface area contributed by atoms with Gasteiger partial charge >= 0.3 is 0 Å². The summed E-state index contributed by atoms with van der Waals surface area (Å²) in [6.07, 6.45) is 1.11. The highest BCUT2D eigenvalue weighted by Gasteiger charge is 2.34. The predicted molar refractivity (Wildman–Crippen MR) is 94.3 cm³/mol. The highest BCUT2D eigenvalue weighted by molar-refractivity contribution is 6.50. The van der Waals surface area contributed by atoms with Crippen molar-refractivity contribution in [3.8, 4) is 0 Å². The van der Waals surface area contributed by atoms with Crippen LogP contribution < -0.4 is 5.32 Å². The minimum atomic E-state index is -0.514. The highest BCUT2D eigenvalue weighted by Crippen LogP contribution is 2.29. The first kappa shape index (κ1) is 16.2. The molecule has 2 aliphatic rings. The molecule has 2 aromatic rings. The lowest BCUT2D eigenvalue weighted by molar-refractivity contribution is 0.0963. The number of fused-ring (bicyclic) bond motifs is 2. The van der Waals surface area contributed by atoms with Crippen LogP contribution in [0.4, 0.5) is 0 Å². The maximum atomic E-state index is 12.7. The maximum Gasteiger partial charge on any atom is 0.211 e. The molecule has 0 aliphatic heterocycles. The molecule has 1 N–H and O–H groups in total. The first-order valence-electron chi connectivity index (χ1n) is 7.74. The van der Waals surface area contributed by atoms with Crippen LogP contribution >= 0.6 is 11.6 Å². The molecule has 6 heteroatoms. The Hall–Kier alpha value is -3.31. The van der Waals surface area contributed by atoms with Gasteiger partial charge in [0, 0.05) is 28.3 Å². The van der Waals surface area contributed by atoms with Crippen molar-refractivity contribution in [1.82, 2.24) is 5.32 Å². The molecule has 0 aromatic heterocycles. The molecule has 0 heterocycles. The molecule has 0 saturated carbocycles. The number of nitrogens with one attached hydrogen (secondary N) is 1. The fourth-order valence-electron chi connectivity index (χ4n) is 3.00. The second kappa shape index (κ2) is 5.89. The number of halogens is 1. The number of Topliss-reactive ketones (excluding diaryl/α,β-unsaturated/α-hetero) is 3. The average Bonchev–Trinajstić information content (AvgIpc) is 2.67. The molecular weight excluding hydrogens is 354 g/mol. The Balaban J connectivity index is 1.76. The van der Waals surface area contributed by atoms with Crippen molar-refractivity contribution in [2.75, 3.05) is 0 Å². The molecule has 0 amide bonds. The number of hydrogen-bond acceptors (Lipinski definition) is 5. The van der Waals surface area contributed by atoms with E-state index in [9.17, 15) is 19.2 Å². The Bertz CT molecular complexity index is 1090. The van der Waals surface area contributed by atoms with Gasteiger partial charge < -0.3 is 5.32 Å². The van der Waals surface area contributed by atoms with Crippen molar-refractivity contribution in [2.45, 2.75) is 0 Å². The quantitative estimate of drug-likeness (QED) is 0.887. The standard InChI is InChI=1S/C20H10ClNO4/c21-16-17(20(26)13-8-4-3-7-12(13)19(16)25)22-14-9-15(23)10-5-1-2-6-11(10)18(14)24/h1-9,22H. The van der Waals surface area contributed by atoms with Crippen LogP contribution in [0.1, 0.15) is 41.4 Å². The van der Waals surface area contributed by atoms with E-state index in [4.69, 9.17) is 11.6 Å². The summed E-state index contributed by atoms with van der Waals surface area (Å²) in [4.78, 5) is 50.0. The number of carbonyl (C=O) groups excluding carboxylic acids is 4. The summed E-state index contributed by atoms with van der Waals surface area (Å²) in [5.74, 6) is -1.84. The fraction of sp³-hybridized carbons (Fsp3) is 0. The minimum absolute atomic E-state index is 0.0950. The molecule has 0 radical (unpaired) electrons. The second-order valence-corrected chi connectivity index (χ2v) is 6.19. The number of rotatable bonds is 2. The number of hydrogen-bond donors (Lipinski definition) is 1. The van der Waals surface area contributed by atoms with Crippen LogP contribution in [0.15, 0.2) is 71.0 Å². The van der Waals surface area contributed by atoms with Crippen molar-refractivity contribution in [1.29, 1.82) is 0 Å². The molecule has 0 bridgehead atoms. The molecule has 5 nitrogen and oxygen atoms in total. The Morgan fingerprint density at radius 2 is 1.15 bits per heavy atom. The van der Waals surface area contributed by atoms with E-state index in [1.165, 1.54) is 18.2 Å². The zero-order valence-corrected chi connectivity index (χ0v) is 14.0. The molecule has 2 aliphatic carbocycles. The molecule has 0 saturated heterocycles. The lowest BCUT2D eigenvalue weighted by Crippen LogP contribution is -2.33. The van der Waals surface area contributed by atoms with Crippen LogP contribution in [-0.2, 0) is 0 Å². The van der Waals surface area contributed by atoms with Crippen molar-refractivity contribution < 1.29 is 19.2 Å². The van der Waals surface area contributed by atoms with E-state index < -0.39 is 17.3 Å². The summed E-state index contributed by atoms with van der Waals surface area (Å²) in [5, 5.41) is 2.31. The normalized spacial score (nSPS) is 16.3. The predicted octanol–water partition coefficient (Wildman–Crippen LogP) is 3.07. The van der Waals surface area contributed by atoms with Gasteiger partial charge in [0.2, 0.25) is 17.3 Å². The Morgan fingerprint density at radius 3 is 1.77 bits per heavy atom. The van der Waals surface area contributed by atoms with Gasteiger partial charge in [0.25, 0.3) is 0 Å². The summed E-state index contributed by atoms with van der Waals surface area (Å²) >= 11 is 6.08. The second-order valence-electron chi connectivity index (χ2n) is 5.81. The van der Waals surface area contributed by atoms with Gasteiger partial charge in [0.05, 0.1) is 5.70 Å². The first-order valence-corrected chi connectivity index (χ1v) is 8.12. The van der Waals surface area contributed by atoms with Crippen molar-refractivity contribution >= 4 is 34.7 Å². The van der Waals surface area contributed by atoms with Gasteiger partial charge in [-0.15, -0.1) is 0 Å². The molecule has 0 atom stereocenters. The first-order chi connectivity index (χ1) is 12.5. The van der Waals surface area contributed by atoms with Crippen LogP contribution in [-0.4, -0.2) is 23.1 Å². The van der Waals surface area contributed by atoms with Crippen molar-refractivity contribution in [3.63, 3.8) is 0 Å². The van der Waals surface area contributed by atoms with Crippen LogP contribution in [0, 0.1) is 0 Å². The van der Waals surface area contributed by atoms with Crippen LogP contribution in [0.2, 0.25) is 0 Å². The van der Waals surface area contributed by atoms with Gasteiger partial charge in [-0.3, -0.25) is 19.2 Å². The third kappa shape index (κ3) is 2.33. The van der Waals surface area contributed by atoms with E-state index in [1.807, 2.05) is 0 Å². The molecule has 0 unspecified atom stereocenters. The van der Waals surface area contributed by atoms with Crippen LogP contribution in [0.25, 0.3) is 0 Å². The monoisotopic (exact) mass is 363 g/mol. The number of ketones is 4. The summed E-state index contributed by atoms with van der Waals surface area (Å²) in [6.45, 7) is 0. The third-order valence-electron chi connectivity index (χ3n) is 4.28. The Labute approximate surface area is 153 Å². The van der Waals surface area contributed by atoms with E-state index in [0.29, 0.717) is 5.56 Å². The minimum Gasteiger partial charge on any atom is -0.348 e. The smallest absolute Gasteiger partial charge is 0.211 e. The number of benzene rings is 2. The lowest BCUT2D eigenvalue weighted by Gasteiger charge is -2.21. The van der Waals surface area contributed by atoms with E-state index in [0.717, 1.165) is 6.08 Å². The molecule has 126 valence electrons. The largest absolute Gasteiger partial charge is 0.348 e. The van der Waals surface area contributed by atoms with Crippen LogP contribution in [0.3, 0.4) is 0 Å². The van der Waals surface area contributed by atoms with Crippen LogP contribution in [0.5, 0.6) is 0 Å². The zero-order chi connectivity index (χ0) is 18.4. The van der Waals surface area contributed by atoms with E-state index in [-0.39, 0.29) is 38.9 Å². The maximum absolute atomic E-state index is 12.7. The summed E-state index contributed by atoms with van der Waals surface area (Å²) in [5.41, 5.74) is 0.622. The number of carbonyl (C=O) groups is 4. The molecule has 0 spiro atoms. The van der Waals surface area contributed by atoms with Gasteiger partial charge in [-0.25, -0.2) is 0 Å². The SMILES string of the molecule is O=C1C=C(NC2=C(Cl)C(=O)c3ccccc3C2=O)C(=O)c2ccccc21. The molecule has 26 heavy (non-hydrogen) atoms. The van der Waals surface area contributed by atoms with Crippen molar-refractivity contribution in [2.24, 2.45) is 0 Å². The Kier molecular flexibility index (Phi) is 3.67. The van der Waals surface area contributed by atoms with Gasteiger partial charge in [0.1, 0.15) is 10.7 Å². The summed E-state index contributed by atoms with van der Waals surface area (Å²) < 4.78 is 0. The molecule has 4 rings (SSSR count). The lowest BCUT2D eigenvalue weighted by atomic mass is 9.90. The van der Waals surface area contributed by atoms with E-state index >= 15 is 0 Å². The molecular formula is C20H10ClNO4. The fourth-order valence-corrected chi connectivity index (χ4v) is 3.23. The molecule has 0 fully saturated rings. The zero-order valence-electron chi connectivity index (χ0n) is 13.2. The summed E-state index contributed by atoms with van der Waals surface area (Å²) in [7, 11) is 0. The van der Waals surface area contributed by atoms with Crippen molar-refractivity contribution in [3.05, 3.63) is 93.3 Å². The number of allylic oxidation sites excluding steroid dienone is 4. The van der Waals surface area contributed by atoms with Gasteiger partial charge in [-0.05, 0) is 0 Å². The Morgan fingerprint density at radius 1 is 0.654 bits per heavy atom. The van der Waals surface area contributed by atoms with Gasteiger partial charge in [-0.2, -0.15) is 0 Å². The van der Waals surface area contributed by atoms with Gasteiger partial charge in [-0.1, -0.05) is 60.1 Å². The molecule has 2 aromatic carbocycles.